The molecule has 0 unspecified atom stereocenters. The van der Waals surface area contributed by atoms with Crippen molar-refractivity contribution in [3.63, 3.8) is 0 Å². The van der Waals surface area contributed by atoms with Crippen molar-refractivity contribution in [1.82, 2.24) is 0 Å². The minimum absolute atomic E-state index is 0. The number of rotatable bonds is 3. The summed E-state index contributed by atoms with van der Waals surface area (Å²) in [5.41, 5.74) is 12.9. The molecular formula is C10H17ClN2O. The topological polar surface area (TPSA) is 72.3 Å². The number of hydrogen-bond acceptors (Lipinski definition) is 3. The largest absolute Gasteiger partial charge is 0.507 e. The van der Waals surface area contributed by atoms with Gasteiger partial charge in [-0.25, -0.2) is 0 Å². The lowest BCUT2D eigenvalue weighted by Gasteiger charge is -2.13. The Morgan fingerprint density at radius 3 is 2.64 bits per heavy atom. The third kappa shape index (κ3) is 2.87. The van der Waals surface area contributed by atoms with Crippen LogP contribution in [0.1, 0.15) is 23.6 Å². The molecule has 0 amide bonds. The predicted octanol–water partition coefficient (Wildman–Crippen LogP) is 1.47. The number of phenolic OH excluding ortho intramolecular Hbond substituents is 1. The average Bonchev–Trinajstić information content (AvgIpc) is 2.10. The molecule has 0 bridgehead atoms. The van der Waals surface area contributed by atoms with Crippen LogP contribution < -0.4 is 11.5 Å². The minimum atomic E-state index is -0.162. The highest BCUT2D eigenvalue weighted by atomic mass is 35.5. The molecule has 80 valence electrons. The van der Waals surface area contributed by atoms with Crippen molar-refractivity contribution in [3.05, 3.63) is 29.3 Å². The van der Waals surface area contributed by atoms with Crippen LogP contribution in [-0.2, 0) is 0 Å². The van der Waals surface area contributed by atoms with Gasteiger partial charge >= 0.3 is 0 Å². The quantitative estimate of drug-likeness (QED) is 0.717. The summed E-state index contributed by atoms with van der Waals surface area (Å²) in [6.07, 6.45) is 0.691. The number of halogens is 1. The lowest BCUT2D eigenvalue weighted by molar-refractivity contribution is 0.455. The standard InChI is InChI=1S/C10H16N2O.ClH/c1-7-3-2-4-8(10(7)13)9(12)5-6-11;/h2-4,9,13H,5-6,11-12H2,1H3;1H/t9-;/m0./s1. The van der Waals surface area contributed by atoms with Gasteiger partial charge < -0.3 is 16.6 Å². The number of nitrogens with two attached hydrogens (primary N) is 2. The van der Waals surface area contributed by atoms with Gasteiger partial charge in [0.15, 0.2) is 0 Å². The molecule has 0 aliphatic carbocycles. The molecule has 0 spiro atoms. The van der Waals surface area contributed by atoms with E-state index >= 15 is 0 Å². The van der Waals surface area contributed by atoms with Crippen molar-refractivity contribution in [2.75, 3.05) is 6.54 Å². The van der Waals surface area contributed by atoms with E-state index in [2.05, 4.69) is 0 Å². The normalized spacial score (nSPS) is 11.9. The Kier molecular flexibility index (Phi) is 5.53. The Labute approximate surface area is 90.5 Å². The van der Waals surface area contributed by atoms with Gasteiger partial charge in [0.1, 0.15) is 5.75 Å². The van der Waals surface area contributed by atoms with Gasteiger partial charge in [0.05, 0.1) is 0 Å². The first kappa shape index (κ1) is 13.2. The summed E-state index contributed by atoms with van der Waals surface area (Å²) in [5, 5.41) is 9.67. The molecule has 4 heteroatoms. The molecular weight excluding hydrogens is 200 g/mol. The van der Waals surface area contributed by atoms with E-state index < -0.39 is 0 Å². The van der Waals surface area contributed by atoms with E-state index in [4.69, 9.17) is 11.5 Å². The second kappa shape index (κ2) is 5.86. The summed E-state index contributed by atoms with van der Waals surface area (Å²) >= 11 is 0. The van der Waals surface area contributed by atoms with Crippen molar-refractivity contribution < 1.29 is 5.11 Å². The molecule has 0 aromatic heterocycles. The average molecular weight is 217 g/mol. The molecule has 0 saturated carbocycles. The molecule has 14 heavy (non-hydrogen) atoms. The second-order valence-corrected chi connectivity index (χ2v) is 3.20. The first-order valence-electron chi connectivity index (χ1n) is 4.41. The molecule has 5 N–H and O–H groups in total. The van der Waals surface area contributed by atoms with Crippen LogP contribution >= 0.6 is 12.4 Å². The number of benzene rings is 1. The maximum Gasteiger partial charge on any atom is 0.123 e. The van der Waals surface area contributed by atoms with Crippen LogP contribution in [0.3, 0.4) is 0 Å². The summed E-state index contributed by atoms with van der Waals surface area (Å²) in [4.78, 5) is 0. The van der Waals surface area contributed by atoms with E-state index in [0.29, 0.717) is 18.7 Å². The Morgan fingerprint density at radius 2 is 2.07 bits per heavy atom. The maximum atomic E-state index is 9.67. The number of phenols is 1. The molecule has 0 saturated heterocycles. The van der Waals surface area contributed by atoms with Crippen molar-refractivity contribution in [2.24, 2.45) is 11.5 Å². The van der Waals surface area contributed by atoms with E-state index in [-0.39, 0.29) is 18.4 Å². The van der Waals surface area contributed by atoms with Crippen LogP contribution in [-0.4, -0.2) is 11.7 Å². The molecule has 3 nitrogen and oxygen atoms in total. The Morgan fingerprint density at radius 1 is 1.43 bits per heavy atom. The zero-order chi connectivity index (χ0) is 9.84. The molecule has 0 heterocycles. The first-order chi connectivity index (χ1) is 6.16. The van der Waals surface area contributed by atoms with Crippen molar-refractivity contribution >= 4 is 12.4 Å². The first-order valence-corrected chi connectivity index (χ1v) is 4.41. The Balaban J connectivity index is 0.00000169. The molecule has 1 aromatic rings. The van der Waals surface area contributed by atoms with Crippen LogP contribution in [0, 0.1) is 6.92 Å². The van der Waals surface area contributed by atoms with Gasteiger partial charge in [-0.2, -0.15) is 0 Å². The SMILES string of the molecule is Cc1cccc([C@@H](N)CCN)c1O.Cl. The highest BCUT2D eigenvalue weighted by Gasteiger charge is 2.10. The third-order valence-electron chi connectivity index (χ3n) is 2.15. The van der Waals surface area contributed by atoms with Crippen molar-refractivity contribution in [2.45, 2.75) is 19.4 Å². The van der Waals surface area contributed by atoms with E-state index in [1.807, 2.05) is 25.1 Å². The molecule has 0 radical (unpaired) electrons. The van der Waals surface area contributed by atoms with Gasteiger partial charge in [-0.1, -0.05) is 18.2 Å². The number of hydrogen-bond donors (Lipinski definition) is 3. The Hall–Kier alpha value is -0.770. The number of aryl methyl sites for hydroxylation is 1. The summed E-state index contributed by atoms with van der Waals surface area (Å²) in [5.74, 6) is 0.295. The van der Waals surface area contributed by atoms with Gasteiger partial charge in [0, 0.05) is 11.6 Å². The second-order valence-electron chi connectivity index (χ2n) is 3.20. The number of aromatic hydroxyl groups is 1. The zero-order valence-electron chi connectivity index (χ0n) is 8.23. The smallest absolute Gasteiger partial charge is 0.123 e. The van der Waals surface area contributed by atoms with Crippen LogP contribution in [0.2, 0.25) is 0 Å². The van der Waals surface area contributed by atoms with Crippen LogP contribution in [0.4, 0.5) is 0 Å². The zero-order valence-corrected chi connectivity index (χ0v) is 9.05. The van der Waals surface area contributed by atoms with E-state index in [0.717, 1.165) is 11.1 Å². The van der Waals surface area contributed by atoms with Gasteiger partial charge in [0.2, 0.25) is 0 Å². The summed E-state index contributed by atoms with van der Waals surface area (Å²) in [7, 11) is 0. The third-order valence-corrected chi connectivity index (χ3v) is 2.15. The van der Waals surface area contributed by atoms with Crippen LogP contribution in [0.25, 0.3) is 0 Å². The van der Waals surface area contributed by atoms with Gasteiger partial charge in [-0.05, 0) is 25.5 Å². The van der Waals surface area contributed by atoms with Crippen molar-refractivity contribution in [3.8, 4) is 5.75 Å². The fraction of sp³-hybridized carbons (Fsp3) is 0.400. The predicted molar refractivity (Wildman–Crippen MR) is 60.7 cm³/mol. The minimum Gasteiger partial charge on any atom is -0.507 e. The Bertz CT molecular complexity index is 291. The van der Waals surface area contributed by atoms with E-state index in [1.165, 1.54) is 0 Å². The molecule has 0 aliphatic heterocycles. The molecule has 0 fully saturated rings. The monoisotopic (exact) mass is 216 g/mol. The van der Waals surface area contributed by atoms with E-state index in [1.54, 1.807) is 0 Å². The number of para-hydroxylation sites is 1. The highest BCUT2D eigenvalue weighted by molar-refractivity contribution is 5.85. The summed E-state index contributed by atoms with van der Waals surface area (Å²) in [6.45, 7) is 2.39. The van der Waals surface area contributed by atoms with Crippen LogP contribution in [0.15, 0.2) is 18.2 Å². The summed E-state index contributed by atoms with van der Waals surface area (Å²) < 4.78 is 0. The highest BCUT2D eigenvalue weighted by Crippen LogP contribution is 2.27. The van der Waals surface area contributed by atoms with Gasteiger partial charge in [0.25, 0.3) is 0 Å². The molecule has 1 atom stereocenters. The fourth-order valence-corrected chi connectivity index (χ4v) is 1.32. The van der Waals surface area contributed by atoms with Gasteiger partial charge in [-0.3, -0.25) is 0 Å². The molecule has 0 aliphatic rings. The van der Waals surface area contributed by atoms with Crippen LogP contribution in [0.5, 0.6) is 5.75 Å². The van der Waals surface area contributed by atoms with Crippen molar-refractivity contribution in [1.29, 1.82) is 0 Å². The summed E-state index contributed by atoms with van der Waals surface area (Å²) in [6, 6.07) is 5.42. The fourth-order valence-electron chi connectivity index (χ4n) is 1.32. The van der Waals surface area contributed by atoms with E-state index in [9.17, 15) is 5.11 Å². The maximum absolute atomic E-state index is 9.67. The molecule has 1 aromatic carbocycles. The lowest BCUT2D eigenvalue weighted by Crippen LogP contribution is -2.15. The molecule has 1 rings (SSSR count). The van der Waals surface area contributed by atoms with Gasteiger partial charge in [-0.15, -0.1) is 12.4 Å². The lowest BCUT2D eigenvalue weighted by atomic mass is 10.0.